The second kappa shape index (κ2) is 3.06. The van der Waals surface area contributed by atoms with Crippen LogP contribution in [-0.4, -0.2) is 11.2 Å². The van der Waals surface area contributed by atoms with Crippen LogP contribution >= 0.6 is 0 Å². The number of allylic oxidation sites excluding steroid dienone is 2. The molecule has 1 nitrogen and oxygen atoms in total. The second-order valence-electron chi connectivity index (χ2n) is 4.46. The van der Waals surface area contributed by atoms with Gasteiger partial charge in [0.2, 0.25) is 0 Å². The van der Waals surface area contributed by atoms with E-state index in [0.717, 1.165) is 18.4 Å². The minimum absolute atomic E-state index is 0.0528. The molecule has 1 atom stereocenters. The average molecular weight is 166 g/mol. The van der Waals surface area contributed by atoms with Gasteiger partial charge in [-0.2, -0.15) is 0 Å². The van der Waals surface area contributed by atoms with Crippen LogP contribution < -0.4 is 0 Å². The summed E-state index contributed by atoms with van der Waals surface area (Å²) < 4.78 is 0. The zero-order valence-electron chi connectivity index (χ0n) is 8.22. The van der Waals surface area contributed by atoms with E-state index in [1.54, 1.807) is 0 Å². The molecule has 0 aromatic rings. The predicted octanol–water partition coefficient (Wildman–Crippen LogP) is 2.67. The van der Waals surface area contributed by atoms with Gasteiger partial charge in [0, 0.05) is 0 Å². The highest BCUT2D eigenvalue weighted by Crippen LogP contribution is 2.36. The molecule has 0 radical (unpaired) electrons. The summed E-state index contributed by atoms with van der Waals surface area (Å²) in [7, 11) is 0. The molecular formula is C11H18O. The molecular weight excluding hydrogens is 148 g/mol. The molecule has 0 heterocycles. The van der Waals surface area contributed by atoms with Crippen molar-refractivity contribution in [3.63, 3.8) is 0 Å². The van der Waals surface area contributed by atoms with E-state index in [1.807, 2.05) is 0 Å². The van der Waals surface area contributed by atoms with Crippen LogP contribution in [0.25, 0.3) is 0 Å². The highest BCUT2D eigenvalue weighted by Gasteiger charge is 2.26. The lowest BCUT2D eigenvalue weighted by Gasteiger charge is -2.25. The molecule has 12 heavy (non-hydrogen) atoms. The first kappa shape index (κ1) is 9.53. The average Bonchev–Trinajstić information content (AvgIpc) is 1.89. The van der Waals surface area contributed by atoms with E-state index in [1.165, 1.54) is 5.57 Å². The van der Waals surface area contributed by atoms with E-state index in [9.17, 15) is 5.11 Å². The molecule has 0 bridgehead atoms. The summed E-state index contributed by atoms with van der Waals surface area (Å²) in [6.07, 6.45) is 3.52. The van der Waals surface area contributed by atoms with Crippen molar-refractivity contribution in [2.45, 2.75) is 39.7 Å². The summed E-state index contributed by atoms with van der Waals surface area (Å²) in [6, 6.07) is 0. The zero-order chi connectivity index (χ0) is 9.35. The fourth-order valence-electron chi connectivity index (χ4n) is 1.72. The highest BCUT2D eigenvalue weighted by atomic mass is 16.3. The van der Waals surface area contributed by atoms with Gasteiger partial charge in [0.05, 0.1) is 6.10 Å². The maximum absolute atomic E-state index is 9.63. The van der Waals surface area contributed by atoms with E-state index < -0.39 is 0 Å². The predicted molar refractivity (Wildman–Crippen MR) is 51.9 cm³/mol. The lowest BCUT2D eigenvalue weighted by Crippen LogP contribution is -2.19. The summed E-state index contributed by atoms with van der Waals surface area (Å²) in [5, 5.41) is 9.63. The summed E-state index contributed by atoms with van der Waals surface area (Å²) in [5.41, 5.74) is 2.42. The Labute approximate surface area is 74.8 Å². The van der Waals surface area contributed by atoms with Crippen LogP contribution in [-0.2, 0) is 0 Å². The Morgan fingerprint density at radius 2 is 2.17 bits per heavy atom. The minimum Gasteiger partial charge on any atom is -0.393 e. The van der Waals surface area contributed by atoms with Gasteiger partial charge >= 0.3 is 0 Å². The van der Waals surface area contributed by atoms with Crippen molar-refractivity contribution in [2.24, 2.45) is 5.41 Å². The summed E-state index contributed by atoms with van der Waals surface area (Å²) in [4.78, 5) is 0. The Balaban J connectivity index is 2.91. The molecule has 1 heteroatoms. The van der Waals surface area contributed by atoms with E-state index in [-0.39, 0.29) is 11.5 Å². The quantitative estimate of drug-likeness (QED) is 0.586. The first-order chi connectivity index (χ1) is 5.42. The van der Waals surface area contributed by atoms with Crippen LogP contribution in [0.4, 0.5) is 0 Å². The number of hydrogen-bond donors (Lipinski definition) is 1. The van der Waals surface area contributed by atoms with Crippen LogP contribution in [0.5, 0.6) is 0 Å². The van der Waals surface area contributed by atoms with Crippen LogP contribution in [0.15, 0.2) is 23.8 Å². The Hall–Kier alpha value is -0.560. The van der Waals surface area contributed by atoms with E-state index in [2.05, 4.69) is 33.4 Å². The largest absolute Gasteiger partial charge is 0.393 e. The number of hydrogen-bond acceptors (Lipinski definition) is 1. The molecule has 0 saturated carbocycles. The van der Waals surface area contributed by atoms with E-state index >= 15 is 0 Å². The third-order valence-electron chi connectivity index (χ3n) is 2.59. The van der Waals surface area contributed by atoms with Crippen molar-refractivity contribution in [1.82, 2.24) is 0 Å². The van der Waals surface area contributed by atoms with Gasteiger partial charge in [0.1, 0.15) is 0 Å². The van der Waals surface area contributed by atoms with Crippen molar-refractivity contribution in [1.29, 1.82) is 0 Å². The van der Waals surface area contributed by atoms with Crippen molar-refractivity contribution in [3.05, 3.63) is 23.8 Å². The highest BCUT2D eigenvalue weighted by molar-refractivity contribution is 5.28. The first-order valence-electron chi connectivity index (χ1n) is 4.46. The molecule has 0 aromatic carbocycles. The Morgan fingerprint density at radius 3 is 2.75 bits per heavy atom. The standard InChI is InChI=1S/C11H18O/c1-8-5-9(2)11(3,4)7-10(12)6-8/h5,10,12H,2,6-7H2,1,3-4H3. The SMILES string of the molecule is C=C1C=C(C)CC(O)CC1(C)C. The van der Waals surface area contributed by atoms with Crippen LogP contribution in [0.2, 0.25) is 0 Å². The van der Waals surface area contributed by atoms with Gasteiger partial charge in [-0.25, -0.2) is 0 Å². The van der Waals surface area contributed by atoms with Crippen molar-refractivity contribution >= 4 is 0 Å². The minimum atomic E-state index is -0.199. The molecule has 1 aliphatic rings. The Bertz CT molecular complexity index is 223. The maximum Gasteiger partial charge on any atom is 0.0585 e. The van der Waals surface area contributed by atoms with Gasteiger partial charge in [0.25, 0.3) is 0 Å². The molecule has 68 valence electrons. The van der Waals surface area contributed by atoms with Gasteiger partial charge in [0.15, 0.2) is 0 Å². The van der Waals surface area contributed by atoms with E-state index in [4.69, 9.17) is 0 Å². The molecule has 1 aliphatic carbocycles. The van der Waals surface area contributed by atoms with Gasteiger partial charge in [-0.1, -0.05) is 32.1 Å². The number of rotatable bonds is 0. The molecule has 1 N–H and O–H groups in total. The topological polar surface area (TPSA) is 20.2 Å². The summed E-state index contributed by atoms with van der Waals surface area (Å²) in [6.45, 7) is 10.3. The third-order valence-corrected chi connectivity index (χ3v) is 2.59. The molecule has 0 fully saturated rings. The number of aliphatic hydroxyl groups excluding tert-OH is 1. The van der Waals surface area contributed by atoms with Crippen molar-refractivity contribution in [3.8, 4) is 0 Å². The molecule has 0 amide bonds. The summed E-state index contributed by atoms with van der Waals surface area (Å²) in [5.74, 6) is 0. The first-order valence-corrected chi connectivity index (χ1v) is 4.46. The van der Waals surface area contributed by atoms with Gasteiger partial charge in [-0.15, -0.1) is 0 Å². The van der Waals surface area contributed by atoms with Crippen molar-refractivity contribution in [2.75, 3.05) is 0 Å². The molecule has 0 aliphatic heterocycles. The van der Waals surface area contributed by atoms with Gasteiger partial charge in [-0.05, 0) is 30.8 Å². The fraction of sp³-hybridized carbons (Fsp3) is 0.636. The Morgan fingerprint density at radius 1 is 1.58 bits per heavy atom. The Kier molecular flexibility index (Phi) is 2.43. The van der Waals surface area contributed by atoms with Crippen LogP contribution in [0.1, 0.15) is 33.6 Å². The normalized spacial score (nSPS) is 29.5. The van der Waals surface area contributed by atoms with Crippen molar-refractivity contribution < 1.29 is 5.11 Å². The fourth-order valence-corrected chi connectivity index (χ4v) is 1.72. The maximum atomic E-state index is 9.63. The number of aliphatic hydroxyl groups is 1. The third kappa shape index (κ3) is 1.98. The molecule has 0 aromatic heterocycles. The molecule has 0 spiro atoms. The molecule has 0 saturated heterocycles. The van der Waals surface area contributed by atoms with Crippen LogP contribution in [0.3, 0.4) is 0 Å². The monoisotopic (exact) mass is 166 g/mol. The smallest absolute Gasteiger partial charge is 0.0585 e. The molecule has 1 unspecified atom stereocenters. The van der Waals surface area contributed by atoms with E-state index in [0.29, 0.717) is 0 Å². The van der Waals surface area contributed by atoms with Crippen LogP contribution in [0, 0.1) is 5.41 Å². The lowest BCUT2D eigenvalue weighted by atomic mass is 9.81. The second-order valence-corrected chi connectivity index (χ2v) is 4.46. The lowest BCUT2D eigenvalue weighted by molar-refractivity contribution is 0.132. The summed E-state index contributed by atoms with van der Waals surface area (Å²) >= 11 is 0. The van der Waals surface area contributed by atoms with Gasteiger partial charge in [-0.3, -0.25) is 0 Å². The molecule has 1 rings (SSSR count). The zero-order valence-corrected chi connectivity index (χ0v) is 8.22. The van der Waals surface area contributed by atoms with Gasteiger partial charge < -0.3 is 5.11 Å².